The molecule has 2 aromatic rings. The summed E-state index contributed by atoms with van der Waals surface area (Å²) in [5, 5.41) is 8.15. The van der Waals surface area contributed by atoms with Crippen molar-refractivity contribution in [3.8, 4) is 0 Å². The minimum atomic E-state index is -1.58. The Kier molecular flexibility index (Phi) is 13.3. The van der Waals surface area contributed by atoms with E-state index < -0.39 is 95.3 Å². The quantitative estimate of drug-likeness (QED) is 0.359. The minimum absolute atomic E-state index is 0.0299. The number of nitrogens with zero attached hydrogens (tertiary/aromatic N) is 2. The van der Waals surface area contributed by atoms with E-state index in [2.05, 4.69) is 16.0 Å². The van der Waals surface area contributed by atoms with Gasteiger partial charge in [-0.15, -0.1) is 0 Å². The number of nitrogens with one attached hydrogen (secondary N) is 3. The molecule has 2 aromatic carbocycles. The van der Waals surface area contributed by atoms with Crippen molar-refractivity contribution < 1.29 is 47.1 Å². The molecule has 0 aromatic heterocycles. The van der Waals surface area contributed by atoms with E-state index in [1.54, 1.807) is 19.1 Å². The SMILES string of the molecule is Cc1ccc(CC(=O)N[C@@H](Cc2cc(F)cc(F)c2)C(=O)N[C@@H]2C(=O)N3CCC[C@H]3C(=O)N3CCCC[C@H]3C(=O)N[C@@H](C)C(=O)C3C[C@@H](C)C[C@H]3C(=O)O[C@H]2C)cc1. The van der Waals surface area contributed by atoms with E-state index in [0.29, 0.717) is 50.2 Å². The second kappa shape index (κ2) is 18.2. The molecular weight excluding hydrogens is 752 g/mol. The second-order valence-electron chi connectivity index (χ2n) is 16.5. The van der Waals surface area contributed by atoms with Gasteiger partial charge in [0.1, 0.15) is 41.9 Å². The molecule has 15 heteroatoms. The summed E-state index contributed by atoms with van der Waals surface area (Å²) in [6, 6.07) is 4.10. The zero-order valence-corrected chi connectivity index (χ0v) is 33.4. The van der Waals surface area contributed by atoms with E-state index in [1.165, 1.54) is 16.7 Å². The lowest BCUT2D eigenvalue weighted by molar-refractivity contribution is -0.162. The number of benzene rings is 2. The largest absolute Gasteiger partial charge is 0.460 e. The summed E-state index contributed by atoms with van der Waals surface area (Å²) in [6.07, 6.45) is 1.32. The molecule has 5 amide bonds. The molecule has 312 valence electrons. The zero-order chi connectivity index (χ0) is 41.8. The Labute approximate surface area is 337 Å². The Morgan fingerprint density at radius 1 is 0.828 bits per heavy atom. The summed E-state index contributed by atoms with van der Waals surface area (Å²) < 4.78 is 34.6. The van der Waals surface area contributed by atoms with Gasteiger partial charge in [0.25, 0.3) is 0 Å². The van der Waals surface area contributed by atoms with Gasteiger partial charge in [-0.1, -0.05) is 36.8 Å². The number of carbonyl (C=O) groups excluding carboxylic acids is 7. The third kappa shape index (κ3) is 9.72. The van der Waals surface area contributed by atoms with Gasteiger partial charge in [0.05, 0.1) is 18.4 Å². The number of esters is 1. The minimum Gasteiger partial charge on any atom is -0.460 e. The number of hydrogen-bond acceptors (Lipinski definition) is 8. The van der Waals surface area contributed by atoms with Crippen LogP contribution < -0.4 is 16.0 Å². The molecule has 13 nitrogen and oxygen atoms in total. The van der Waals surface area contributed by atoms with E-state index in [-0.39, 0.29) is 49.6 Å². The fraction of sp³-hybridized carbons (Fsp3) is 0.558. The summed E-state index contributed by atoms with van der Waals surface area (Å²) in [5.74, 6) is -7.68. The molecule has 3 N–H and O–H groups in total. The van der Waals surface area contributed by atoms with Crippen molar-refractivity contribution in [2.45, 2.75) is 122 Å². The van der Waals surface area contributed by atoms with Crippen LogP contribution in [-0.4, -0.2) is 100 Å². The number of hydrogen-bond donors (Lipinski definition) is 3. The first kappa shape index (κ1) is 42.4. The molecule has 1 unspecified atom stereocenters. The topological polar surface area (TPSA) is 171 Å². The van der Waals surface area contributed by atoms with Crippen molar-refractivity contribution in [3.63, 3.8) is 0 Å². The molecule has 3 saturated heterocycles. The van der Waals surface area contributed by atoms with Crippen LogP contribution in [-0.2, 0) is 51.1 Å². The zero-order valence-electron chi connectivity index (χ0n) is 33.4. The molecular formula is C43H53F2N5O8. The fourth-order valence-corrected chi connectivity index (χ4v) is 8.98. The molecule has 0 spiro atoms. The van der Waals surface area contributed by atoms with Crippen LogP contribution in [0, 0.1) is 36.3 Å². The summed E-state index contributed by atoms with van der Waals surface area (Å²) in [6.45, 7) is 7.22. The number of piperidine rings is 1. The third-order valence-electron chi connectivity index (χ3n) is 12.0. The third-order valence-corrected chi connectivity index (χ3v) is 12.0. The Morgan fingerprint density at radius 3 is 2.17 bits per heavy atom. The Balaban J connectivity index is 1.34. The molecule has 3 aliphatic heterocycles. The van der Waals surface area contributed by atoms with Gasteiger partial charge < -0.3 is 30.5 Å². The fourth-order valence-electron chi connectivity index (χ4n) is 8.98. The molecule has 9 atom stereocenters. The molecule has 0 radical (unpaired) electrons. The maximum Gasteiger partial charge on any atom is 0.310 e. The van der Waals surface area contributed by atoms with Gasteiger partial charge in [0.2, 0.25) is 29.5 Å². The van der Waals surface area contributed by atoms with E-state index in [1.807, 2.05) is 26.0 Å². The normalized spacial score (nSPS) is 28.8. The lowest BCUT2D eigenvalue weighted by Crippen LogP contribution is -2.62. The van der Waals surface area contributed by atoms with Crippen LogP contribution in [0.1, 0.15) is 82.4 Å². The monoisotopic (exact) mass is 805 g/mol. The van der Waals surface area contributed by atoms with Crippen LogP contribution >= 0.6 is 0 Å². The van der Waals surface area contributed by atoms with Gasteiger partial charge in [0.15, 0.2) is 5.78 Å². The molecule has 4 aliphatic rings. The van der Waals surface area contributed by atoms with Crippen molar-refractivity contribution in [1.29, 1.82) is 0 Å². The molecule has 6 rings (SSSR count). The van der Waals surface area contributed by atoms with Crippen molar-refractivity contribution in [1.82, 2.24) is 25.8 Å². The first-order valence-electron chi connectivity index (χ1n) is 20.4. The highest BCUT2D eigenvalue weighted by molar-refractivity contribution is 5.98. The van der Waals surface area contributed by atoms with E-state index in [4.69, 9.17) is 4.74 Å². The van der Waals surface area contributed by atoms with Crippen LogP contribution in [0.25, 0.3) is 0 Å². The van der Waals surface area contributed by atoms with Gasteiger partial charge in [-0.25, -0.2) is 8.78 Å². The lowest BCUT2D eigenvalue weighted by Gasteiger charge is -2.39. The molecule has 3 heterocycles. The number of ether oxygens (including phenoxy) is 1. The molecule has 4 fully saturated rings. The van der Waals surface area contributed by atoms with Gasteiger partial charge in [-0.05, 0) is 94.9 Å². The van der Waals surface area contributed by atoms with Crippen LogP contribution in [0.4, 0.5) is 8.78 Å². The summed E-state index contributed by atoms with van der Waals surface area (Å²) >= 11 is 0. The maximum absolute atomic E-state index is 14.7. The predicted octanol–water partition coefficient (Wildman–Crippen LogP) is 3.08. The first-order valence-corrected chi connectivity index (χ1v) is 20.4. The van der Waals surface area contributed by atoms with E-state index in [0.717, 1.165) is 17.7 Å². The van der Waals surface area contributed by atoms with Crippen LogP contribution in [0.2, 0.25) is 0 Å². The number of fused-ring (bicyclic) bond motifs is 3. The van der Waals surface area contributed by atoms with Gasteiger partial charge in [-0.3, -0.25) is 33.6 Å². The number of ketones is 1. The predicted molar refractivity (Wildman–Crippen MR) is 206 cm³/mol. The van der Waals surface area contributed by atoms with Crippen LogP contribution in [0.3, 0.4) is 0 Å². The molecule has 1 saturated carbocycles. The summed E-state index contributed by atoms with van der Waals surface area (Å²) in [7, 11) is 0. The lowest BCUT2D eigenvalue weighted by atomic mass is 9.88. The van der Waals surface area contributed by atoms with Crippen LogP contribution in [0.5, 0.6) is 0 Å². The number of cyclic esters (lactones) is 1. The second-order valence-corrected chi connectivity index (χ2v) is 16.5. The average molecular weight is 806 g/mol. The average Bonchev–Trinajstić information content (AvgIpc) is 3.83. The number of rotatable bonds is 7. The van der Waals surface area contributed by atoms with Crippen LogP contribution in [0.15, 0.2) is 42.5 Å². The standard InChI is InChI=1S/C43H53F2N5O8/c1-23-10-12-27(13-11-23)21-36(51)47-33(20-28-18-29(44)22-30(45)19-28)39(53)48-37-26(4)58-43(57)32-17-24(2)16-31(32)38(52)25(3)46-40(54)34-8-5-6-14-49(34)41(55)35-9-7-15-50(35)42(37)56/h10-13,18-19,22,24-26,31-35,37H,5-9,14-17,20-21H2,1-4H3,(H,46,54)(H,47,51)(H,48,53)/t24-,25+,26+,31?,32-,33+,34+,35+,37+/m1/s1. The highest BCUT2D eigenvalue weighted by Crippen LogP contribution is 2.39. The van der Waals surface area contributed by atoms with Gasteiger partial charge in [-0.2, -0.15) is 0 Å². The smallest absolute Gasteiger partial charge is 0.310 e. The number of amides is 5. The molecule has 1 aliphatic carbocycles. The highest BCUT2D eigenvalue weighted by Gasteiger charge is 2.48. The number of Topliss-reactive ketones (excluding diaryl/α,β-unsaturated/α-hetero) is 1. The Morgan fingerprint density at radius 2 is 1.47 bits per heavy atom. The molecule has 58 heavy (non-hydrogen) atoms. The number of carbonyl (C=O) groups is 7. The number of aryl methyl sites for hydroxylation is 1. The van der Waals surface area contributed by atoms with Gasteiger partial charge >= 0.3 is 5.97 Å². The maximum atomic E-state index is 14.7. The Hall–Kier alpha value is -5.21. The summed E-state index contributed by atoms with van der Waals surface area (Å²) in [4.78, 5) is 101. The summed E-state index contributed by atoms with van der Waals surface area (Å²) in [5.41, 5.74) is 1.69. The van der Waals surface area contributed by atoms with Crippen molar-refractivity contribution in [2.24, 2.45) is 17.8 Å². The highest BCUT2D eigenvalue weighted by atomic mass is 19.1. The van der Waals surface area contributed by atoms with Gasteiger partial charge in [0, 0.05) is 31.5 Å². The van der Waals surface area contributed by atoms with E-state index >= 15 is 0 Å². The Bertz CT molecular complexity index is 1910. The first-order chi connectivity index (χ1) is 27.6. The van der Waals surface area contributed by atoms with E-state index in [9.17, 15) is 42.3 Å². The van der Waals surface area contributed by atoms with Crippen molar-refractivity contribution >= 4 is 41.3 Å². The van der Waals surface area contributed by atoms with Crippen molar-refractivity contribution in [2.75, 3.05) is 13.1 Å². The number of halogens is 2. The van der Waals surface area contributed by atoms with Crippen molar-refractivity contribution in [3.05, 3.63) is 70.8 Å². The molecule has 0 bridgehead atoms.